The minimum absolute atomic E-state index is 0.0730. The van der Waals surface area contributed by atoms with E-state index >= 15 is 0 Å². The minimum atomic E-state index is 0.0730. The molecule has 0 bridgehead atoms. The van der Waals surface area contributed by atoms with Crippen LogP contribution in [0.2, 0.25) is 5.02 Å². The fraction of sp³-hybridized carbons (Fsp3) is 0.0667. The summed E-state index contributed by atoms with van der Waals surface area (Å²) in [5, 5.41) is 11.5. The second-order valence-electron chi connectivity index (χ2n) is 4.93. The monoisotopic (exact) mass is 359 g/mol. The van der Waals surface area contributed by atoms with Gasteiger partial charge in [-0.15, -0.1) is 0 Å². The number of halogens is 1. The third-order valence-electron chi connectivity index (χ3n) is 3.22. The molecule has 126 valence electrons. The third-order valence-corrected chi connectivity index (χ3v) is 3.47. The molecular weight excluding hydrogens is 350 g/mol. The van der Waals surface area contributed by atoms with Gasteiger partial charge in [0.25, 0.3) is 5.89 Å². The largest absolute Gasteiger partial charge is 0.486 e. The summed E-state index contributed by atoms with van der Waals surface area (Å²) >= 11 is 5.83. The predicted octanol–water partition coefficient (Wildman–Crippen LogP) is 3.19. The lowest BCUT2D eigenvalue weighted by atomic mass is 10.3. The molecule has 2 N–H and O–H groups in total. The Kier molecular flexibility index (Phi) is 3.82. The lowest BCUT2D eigenvalue weighted by molar-refractivity contribution is 0.270. The normalized spacial score (nSPS) is 10.9. The molecule has 0 aliphatic rings. The van der Waals surface area contributed by atoms with Crippen molar-refractivity contribution in [3.63, 3.8) is 0 Å². The van der Waals surface area contributed by atoms with Crippen molar-refractivity contribution < 1.29 is 18.3 Å². The first-order valence-corrected chi connectivity index (χ1v) is 7.46. The summed E-state index contributed by atoms with van der Waals surface area (Å²) in [6.07, 6.45) is 0. The molecule has 1 aromatic carbocycles. The molecule has 9 nitrogen and oxygen atoms in total. The number of nitrogens with zero attached hydrogens (tertiary/aromatic N) is 4. The molecule has 0 fully saturated rings. The number of aromatic nitrogens is 4. The van der Waals surface area contributed by atoms with Crippen molar-refractivity contribution in [2.75, 3.05) is 5.73 Å². The maximum absolute atomic E-state index is 5.83. The lowest BCUT2D eigenvalue weighted by Gasteiger charge is -2.03. The molecule has 0 spiro atoms. The molecular formula is C15H10ClN5O4. The van der Waals surface area contributed by atoms with Crippen LogP contribution in [0.3, 0.4) is 0 Å². The number of benzene rings is 1. The number of furan rings is 1. The number of ether oxygens (including phenoxy) is 1. The van der Waals surface area contributed by atoms with Gasteiger partial charge < -0.3 is 19.4 Å². The fourth-order valence-electron chi connectivity index (χ4n) is 2.03. The van der Waals surface area contributed by atoms with Crippen LogP contribution < -0.4 is 10.5 Å². The van der Waals surface area contributed by atoms with Crippen molar-refractivity contribution >= 4 is 17.4 Å². The number of hydrogen-bond donors (Lipinski definition) is 1. The fourth-order valence-corrected chi connectivity index (χ4v) is 2.15. The number of rotatable bonds is 5. The van der Waals surface area contributed by atoms with Gasteiger partial charge in [-0.25, -0.2) is 4.63 Å². The number of nitrogen functional groups attached to an aromatic ring is 1. The number of nitrogens with two attached hydrogens (primary N) is 1. The van der Waals surface area contributed by atoms with Crippen LogP contribution in [0, 0.1) is 0 Å². The van der Waals surface area contributed by atoms with E-state index in [4.69, 9.17) is 31.0 Å². The van der Waals surface area contributed by atoms with Crippen molar-refractivity contribution in [2.24, 2.45) is 0 Å². The highest BCUT2D eigenvalue weighted by Crippen LogP contribution is 2.25. The summed E-state index contributed by atoms with van der Waals surface area (Å²) in [6.45, 7) is 0.239. The van der Waals surface area contributed by atoms with Gasteiger partial charge in [0, 0.05) is 5.02 Å². The molecule has 3 heterocycles. The molecule has 4 aromatic rings. The zero-order valence-corrected chi connectivity index (χ0v) is 13.3. The maximum Gasteiger partial charge on any atom is 0.293 e. The van der Waals surface area contributed by atoms with Crippen molar-refractivity contribution in [2.45, 2.75) is 6.61 Å². The van der Waals surface area contributed by atoms with Gasteiger partial charge in [0.15, 0.2) is 17.3 Å². The molecule has 0 radical (unpaired) electrons. The van der Waals surface area contributed by atoms with E-state index < -0.39 is 0 Å². The Balaban J connectivity index is 1.47. The van der Waals surface area contributed by atoms with E-state index in [-0.39, 0.29) is 29.8 Å². The molecule has 0 amide bonds. The molecule has 25 heavy (non-hydrogen) atoms. The minimum Gasteiger partial charge on any atom is -0.486 e. The van der Waals surface area contributed by atoms with Crippen LogP contribution in [0.15, 0.2) is 50.0 Å². The summed E-state index contributed by atoms with van der Waals surface area (Å²) in [7, 11) is 0. The van der Waals surface area contributed by atoms with Crippen LogP contribution in [0.5, 0.6) is 5.75 Å². The molecule has 0 saturated carbocycles. The summed E-state index contributed by atoms with van der Waals surface area (Å²) in [4.78, 5) is 4.16. The van der Waals surface area contributed by atoms with Gasteiger partial charge in [-0.05, 0) is 46.7 Å². The van der Waals surface area contributed by atoms with Gasteiger partial charge in [-0.2, -0.15) is 4.98 Å². The highest BCUT2D eigenvalue weighted by molar-refractivity contribution is 6.30. The Morgan fingerprint density at radius 2 is 1.88 bits per heavy atom. The molecule has 0 unspecified atom stereocenters. The van der Waals surface area contributed by atoms with E-state index in [2.05, 4.69) is 25.1 Å². The zero-order chi connectivity index (χ0) is 17.2. The van der Waals surface area contributed by atoms with Crippen molar-refractivity contribution in [1.82, 2.24) is 20.5 Å². The van der Waals surface area contributed by atoms with Gasteiger partial charge >= 0.3 is 0 Å². The number of hydrogen-bond acceptors (Lipinski definition) is 9. The van der Waals surface area contributed by atoms with Gasteiger partial charge in [0.1, 0.15) is 18.1 Å². The van der Waals surface area contributed by atoms with Crippen LogP contribution >= 0.6 is 11.6 Å². The highest BCUT2D eigenvalue weighted by atomic mass is 35.5. The topological polar surface area (TPSA) is 126 Å². The first-order chi connectivity index (χ1) is 12.2. The molecule has 0 atom stereocenters. The Morgan fingerprint density at radius 1 is 1.04 bits per heavy atom. The molecule has 4 rings (SSSR count). The van der Waals surface area contributed by atoms with Crippen LogP contribution in [0.4, 0.5) is 5.82 Å². The van der Waals surface area contributed by atoms with E-state index in [1.54, 1.807) is 36.4 Å². The summed E-state index contributed by atoms with van der Waals surface area (Å²) in [5.41, 5.74) is 5.79. The standard InChI is InChI=1S/C15H10ClN5O4/c16-8-1-3-9(4-2-8)22-7-10-5-6-11(23-10)15-18-14(21-24-15)12-13(17)20-25-19-12/h1-6H,7H2,(H2,17,20). The average molecular weight is 360 g/mol. The molecule has 0 aliphatic carbocycles. The van der Waals surface area contributed by atoms with Gasteiger partial charge in [-0.1, -0.05) is 16.8 Å². The Hall–Kier alpha value is -3.33. The van der Waals surface area contributed by atoms with E-state index in [0.29, 0.717) is 22.3 Å². The van der Waals surface area contributed by atoms with E-state index in [1.807, 2.05) is 0 Å². The Labute approximate surface area is 145 Å². The zero-order valence-electron chi connectivity index (χ0n) is 12.5. The van der Waals surface area contributed by atoms with E-state index in [9.17, 15) is 0 Å². The van der Waals surface area contributed by atoms with Gasteiger partial charge in [-0.3, -0.25) is 0 Å². The first kappa shape index (κ1) is 15.2. The maximum atomic E-state index is 5.83. The van der Waals surface area contributed by atoms with E-state index in [0.717, 1.165) is 0 Å². The van der Waals surface area contributed by atoms with Crippen molar-refractivity contribution in [3.8, 4) is 28.9 Å². The third kappa shape index (κ3) is 3.17. The quantitative estimate of drug-likeness (QED) is 0.571. The Morgan fingerprint density at radius 3 is 2.64 bits per heavy atom. The van der Waals surface area contributed by atoms with Crippen LogP contribution in [0.25, 0.3) is 23.2 Å². The predicted molar refractivity (Wildman–Crippen MR) is 85.5 cm³/mol. The molecule has 0 saturated heterocycles. The van der Waals surface area contributed by atoms with Crippen LogP contribution in [-0.2, 0) is 6.61 Å². The Bertz CT molecular complexity index is 991. The summed E-state index contributed by atoms with van der Waals surface area (Å²) < 4.78 is 20.9. The molecule has 10 heteroatoms. The van der Waals surface area contributed by atoms with Gasteiger partial charge in [0.05, 0.1) is 0 Å². The van der Waals surface area contributed by atoms with Crippen molar-refractivity contribution in [3.05, 3.63) is 47.2 Å². The molecule has 0 aliphatic heterocycles. The second-order valence-corrected chi connectivity index (χ2v) is 5.37. The lowest BCUT2D eigenvalue weighted by Crippen LogP contribution is -1.93. The van der Waals surface area contributed by atoms with Gasteiger partial charge in [0.2, 0.25) is 5.82 Å². The van der Waals surface area contributed by atoms with Crippen LogP contribution in [0.1, 0.15) is 5.76 Å². The van der Waals surface area contributed by atoms with Crippen molar-refractivity contribution in [1.29, 1.82) is 0 Å². The SMILES string of the molecule is Nc1nonc1-c1noc(-c2ccc(COc3ccc(Cl)cc3)o2)n1. The van der Waals surface area contributed by atoms with E-state index in [1.165, 1.54) is 0 Å². The number of anilines is 1. The molecule has 3 aromatic heterocycles. The smallest absolute Gasteiger partial charge is 0.293 e. The average Bonchev–Trinajstić information content (AvgIpc) is 3.34. The van der Waals surface area contributed by atoms with Crippen LogP contribution in [-0.4, -0.2) is 20.5 Å². The second kappa shape index (κ2) is 6.29. The highest BCUT2D eigenvalue weighted by Gasteiger charge is 2.19. The summed E-state index contributed by atoms with van der Waals surface area (Å²) in [5.74, 6) is 2.07. The first-order valence-electron chi connectivity index (χ1n) is 7.08. The summed E-state index contributed by atoms with van der Waals surface area (Å²) in [6, 6.07) is 10.5.